The van der Waals surface area contributed by atoms with Gasteiger partial charge < -0.3 is 4.90 Å². The minimum Gasteiger partial charge on any atom is -0.304 e. The van der Waals surface area contributed by atoms with E-state index in [1.807, 2.05) is 12.1 Å². The highest BCUT2D eigenvalue weighted by Gasteiger charge is 2.48. The number of hydrogen-bond donors (Lipinski definition) is 0. The lowest BCUT2D eigenvalue weighted by atomic mass is 9.96. The van der Waals surface area contributed by atoms with Crippen molar-refractivity contribution in [1.82, 2.24) is 14.8 Å². The number of aromatic nitrogens is 3. The highest BCUT2D eigenvalue weighted by molar-refractivity contribution is 5.99. The number of carbonyl (C=O) groups is 1. The molecule has 0 aliphatic carbocycles. The average molecular weight is 368 g/mol. The fraction of sp³-hybridized carbons (Fsp3) is 0.250. The predicted octanol–water partition coefficient (Wildman–Crippen LogP) is 3.51. The molecule has 2 aromatic heterocycles. The van der Waals surface area contributed by atoms with Gasteiger partial charge in [-0.15, -0.1) is 0 Å². The Kier molecular flexibility index (Phi) is 4.22. The topological polar surface area (TPSA) is 51.0 Å². The molecular weight excluding hydrogens is 350 g/mol. The zero-order valence-corrected chi connectivity index (χ0v) is 14.7. The van der Waals surface area contributed by atoms with E-state index < -0.39 is 17.5 Å². The Bertz CT molecular complexity index is 972. The minimum atomic E-state index is -3.72. The van der Waals surface area contributed by atoms with Gasteiger partial charge in [0.25, 0.3) is 0 Å². The fourth-order valence-corrected chi connectivity index (χ4v) is 3.53. The SMILES string of the molecule is Cc1cccnc1C(F)(F)C(=O)N1CC(n2cccn2)Cc2ccccc21. The number of rotatable bonds is 3. The number of hydrogen-bond acceptors (Lipinski definition) is 3. The predicted molar refractivity (Wildman–Crippen MR) is 96.6 cm³/mol. The lowest BCUT2D eigenvalue weighted by molar-refractivity contribution is -0.144. The van der Waals surface area contributed by atoms with Crippen LogP contribution < -0.4 is 4.90 Å². The second-order valence-corrected chi connectivity index (χ2v) is 6.63. The second-order valence-electron chi connectivity index (χ2n) is 6.63. The van der Waals surface area contributed by atoms with Gasteiger partial charge in [-0.3, -0.25) is 14.5 Å². The summed E-state index contributed by atoms with van der Waals surface area (Å²) >= 11 is 0. The summed E-state index contributed by atoms with van der Waals surface area (Å²) in [6, 6.07) is 11.8. The number of fused-ring (bicyclic) bond motifs is 1. The van der Waals surface area contributed by atoms with E-state index in [-0.39, 0.29) is 18.2 Å². The van der Waals surface area contributed by atoms with Crippen molar-refractivity contribution in [3.8, 4) is 0 Å². The maximum Gasteiger partial charge on any atom is 0.366 e. The summed E-state index contributed by atoms with van der Waals surface area (Å²) in [6.45, 7) is 1.65. The number of alkyl halides is 2. The van der Waals surface area contributed by atoms with Gasteiger partial charge in [-0.2, -0.15) is 13.9 Å². The zero-order valence-electron chi connectivity index (χ0n) is 14.7. The normalized spacial score (nSPS) is 16.9. The fourth-order valence-electron chi connectivity index (χ4n) is 3.53. The number of anilines is 1. The summed E-state index contributed by atoms with van der Waals surface area (Å²) in [5.74, 6) is -4.99. The van der Waals surface area contributed by atoms with Crippen LogP contribution in [0, 0.1) is 6.92 Å². The molecule has 1 atom stereocenters. The number of carbonyl (C=O) groups excluding carboxylic acids is 1. The summed E-state index contributed by atoms with van der Waals surface area (Å²) in [4.78, 5) is 17.9. The van der Waals surface area contributed by atoms with Crippen LogP contribution in [0.25, 0.3) is 0 Å². The van der Waals surface area contributed by atoms with Gasteiger partial charge in [-0.05, 0) is 42.7 Å². The zero-order chi connectivity index (χ0) is 19.0. The van der Waals surface area contributed by atoms with Gasteiger partial charge >= 0.3 is 11.8 Å². The molecular formula is C20H18F2N4O. The Balaban J connectivity index is 1.75. The van der Waals surface area contributed by atoms with Crippen LogP contribution in [0.2, 0.25) is 0 Å². The third-order valence-corrected chi connectivity index (χ3v) is 4.85. The molecule has 0 N–H and O–H groups in total. The molecule has 0 bridgehead atoms. The van der Waals surface area contributed by atoms with Crippen LogP contribution in [0.15, 0.2) is 61.1 Å². The highest BCUT2D eigenvalue weighted by atomic mass is 19.3. The van der Waals surface area contributed by atoms with Crippen LogP contribution in [0.3, 0.4) is 0 Å². The number of nitrogens with zero attached hydrogens (tertiary/aromatic N) is 4. The summed E-state index contributed by atoms with van der Waals surface area (Å²) in [6.07, 6.45) is 5.32. The lowest BCUT2D eigenvalue weighted by Gasteiger charge is -2.36. The van der Waals surface area contributed by atoms with E-state index in [0.29, 0.717) is 12.1 Å². The number of pyridine rings is 1. The first kappa shape index (κ1) is 17.3. The number of amides is 1. The first-order chi connectivity index (χ1) is 13.0. The van der Waals surface area contributed by atoms with Gasteiger partial charge in [-0.25, -0.2) is 0 Å². The minimum absolute atomic E-state index is 0.124. The molecule has 5 nitrogen and oxygen atoms in total. The maximum absolute atomic E-state index is 15.1. The van der Waals surface area contributed by atoms with Gasteiger partial charge in [0.05, 0.1) is 6.04 Å². The van der Waals surface area contributed by atoms with E-state index in [0.717, 1.165) is 5.56 Å². The Morgan fingerprint density at radius 1 is 1.15 bits per heavy atom. The molecule has 1 aromatic carbocycles. The Labute approximate surface area is 155 Å². The number of halogens is 2. The van der Waals surface area contributed by atoms with E-state index in [2.05, 4.69) is 10.1 Å². The van der Waals surface area contributed by atoms with Crippen molar-refractivity contribution in [2.45, 2.75) is 25.3 Å². The quantitative estimate of drug-likeness (QED) is 0.711. The second kappa shape index (κ2) is 6.57. The maximum atomic E-state index is 15.1. The molecule has 0 spiro atoms. The van der Waals surface area contributed by atoms with Crippen LogP contribution in [0.1, 0.15) is 22.9 Å². The molecule has 27 heavy (non-hydrogen) atoms. The summed E-state index contributed by atoms with van der Waals surface area (Å²) < 4.78 is 31.9. The smallest absolute Gasteiger partial charge is 0.304 e. The van der Waals surface area contributed by atoms with Crippen molar-refractivity contribution < 1.29 is 13.6 Å². The van der Waals surface area contributed by atoms with Crippen molar-refractivity contribution in [2.24, 2.45) is 0 Å². The van der Waals surface area contributed by atoms with Crippen molar-refractivity contribution in [3.63, 3.8) is 0 Å². The van der Waals surface area contributed by atoms with Gasteiger partial charge in [0.1, 0.15) is 5.69 Å². The molecule has 1 unspecified atom stereocenters. The third-order valence-electron chi connectivity index (χ3n) is 4.85. The Hall–Kier alpha value is -3.09. The molecule has 138 valence electrons. The lowest BCUT2D eigenvalue weighted by Crippen LogP contribution is -2.48. The largest absolute Gasteiger partial charge is 0.366 e. The van der Waals surface area contributed by atoms with Gasteiger partial charge in [-0.1, -0.05) is 24.3 Å². The summed E-state index contributed by atoms with van der Waals surface area (Å²) in [5, 5.41) is 4.22. The molecule has 1 aliphatic heterocycles. The molecule has 4 rings (SSSR count). The van der Waals surface area contributed by atoms with E-state index in [9.17, 15) is 4.79 Å². The van der Waals surface area contributed by atoms with Crippen LogP contribution in [0.4, 0.5) is 14.5 Å². The molecule has 0 fully saturated rings. The molecule has 0 saturated carbocycles. The van der Waals surface area contributed by atoms with Crippen molar-refractivity contribution >= 4 is 11.6 Å². The van der Waals surface area contributed by atoms with Crippen LogP contribution in [0.5, 0.6) is 0 Å². The molecule has 7 heteroatoms. The van der Waals surface area contributed by atoms with Crippen LogP contribution in [-0.4, -0.2) is 27.2 Å². The van der Waals surface area contributed by atoms with Gasteiger partial charge in [0, 0.05) is 30.8 Å². The van der Waals surface area contributed by atoms with E-state index in [4.69, 9.17) is 0 Å². The van der Waals surface area contributed by atoms with Gasteiger partial charge in [0.2, 0.25) is 0 Å². The summed E-state index contributed by atoms with van der Waals surface area (Å²) in [7, 11) is 0. The summed E-state index contributed by atoms with van der Waals surface area (Å²) in [5.41, 5.74) is 1.13. The van der Waals surface area contributed by atoms with Crippen molar-refractivity contribution in [2.75, 3.05) is 11.4 Å². The first-order valence-corrected chi connectivity index (χ1v) is 8.67. The van der Waals surface area contributed by atoms with E-state index >= 15 is 8.78 Å². The number of para-hydroxylation sites is 1. The van der Waals surface area contributed by atoms with E-state index in [1.54, 1.807) is 41.3 Å². The molecule has 1 amide bonds. The average Bonchev–Trinajstić information content (AvgIpc) is 3.21. The Morgan fingerprint density at radius 3 is 2.70 bits per heavy atom. The van der Waals surface area contributed by atoms with Crippen LogP contribution >= 0.6 is 0 Å². The van der Waals surface area contributed by atoms with Crippen molar-refractivity contribution in [3.05, 3.63) is 77.9 Å². The molecule has 0 saturated heterocycles. The standard InChI is InChI=1S/C20H18F2N4O/c1-14-6-4-9-23-18(14)20(21,22)19(27)25-13-16(26-11-5-10-24-26)12-15-7-2-3-8-17(15)25/h2-11,16H,12-13H2,1H3. The molecule has 1 aliphatic rings. The number of aryl methyl sites for hydroxylation is 1. The first-order valence-electron chi connectivity index (χ1n) is 8.67. The van der Waals surface area contributed by atoms with E-state index in [1.165, 1.54) is 24.1 Å². The Morgan fingerprint density at radius 2 is 1.96 bits per heavy atom. The molecule has 3 heterocycles. The van der Waals surface area contributed by atoms with Crippen molar-refractivity contribution in [1.29, 1.82) is 0 Å². The molecule has 0 radical (unpaired) electrons. The monoisotopic (exact) mass is 368 g/mol. The molecule has 3 aromatic rings. The third kappa shape index (κ3) is 2.99. The number of benzene rings is 1. The van der Waals surface area contributed by atoms with Gasteiger partial charge in [0.15, 0.2) is 0 Å². The van der Waals surface area contributed by atoms with Crippen LogP contribution in [-0.2, 0) is 17.1 Å². The highest BCUT2D eigenvalue weighted by Crippen LogP contribution is 2.37.